The summed E-state index contributed by atoms with van der Waals surface area (Å²) in [6.45, 7) is 1.42. The van der Waals surface area contributed by atoms with Crippen LogP contribution in [-0.4, -0.2) is 40.0 Å². The summed E-state index contributed by atoms with van der Waals surface area (Å²) in [4.78, 5) is 17.9. The van der Waals surface area contributed by atoms with Crippen LogP contribution >= 0.6 is 11.6 Å². The first kappa shape index (κ1) is 12.4. The fourth-order valence-electron chi connectivity index (χ4n) is 2.02. The topological polar surface area (TPSA) is 50.2 Å². The summed E-state index contributed by atoms with van der Waals surface area (Å²) in [5.74, 6) is 0.922. The average molecular weight is 257 g/mol. The lowest BCUT2D eigenvalue weighted by Crippen LogP contribution is -2.41. The Labute approximate surface area is 106 Å². The van der Waals surface area contributed by atoms with Crippen LogP contribution in [0.4, 0.5) is 0 Å². The van der Waals surface area contributed by atoms with Crippen molar-refractivity contribution in [1.29, 1.82) is 0 Å². The van der Waals surface area contributed by atoms with Crippen molar-refractivity contribution in [2.75, 3.05) is 13.6 Å². The second-order valence-corrected chi connectivity index (χ2v) is 4.79. The van der Waals surface area contributed by atoms with E-state index in [-0.39, 0.29) is 11.9 Å². The largest absolute Gasteiger partial charge is 0.337 e. The van der Waals surface area contributed by atoms with Gasteiger partial charge in [-0.15, -0.1) is 0 Å². The monoisotopic (exact) mass is 256 g/mol. The molecule has 0 bridgehead atoms. The van der Waals surface area contributed by atoms with Crippen molar-refractivity contribution in [2.24, 2.45) is 7.05 Å². The molecule has 2 heterocycles. The molecule has 1 saturated heterocycles. The molecule has 0 unspecified atom stereocenters. The van der Waals surface area contributed by atoms with Crippen molar-refractivity contribution in [3.63, 3.8) is 0 Å². The predicted molar refractivity (Wildman–Crippen MR) is 65.7 cm³/mol. The van der Waals surface area contributed by atoms with Gasteiger partial charge in [-0.2, -0.15) is 0 Å². The van der Waals surface area contributed by atoms with E-state index < -0.39 is 0 Å². The number of imidazole rings is 1. The molecule has 1 aliphatic heterocycles. The molecule has 6 heteroatoms. The van der Waals surface area contributed by atoms with Crippen molar-refractivity contribution in [3.8, 4) is 0 Å². The van der Waals surface area contributed by atoms with Crippen LogP contribution in [-0.2, 0) is 18.4 Å². The number of hydrogen-bond acceptors (Lipinski definition) is 3. The number of hydrogen-bond donors (Lipinski definition) is 1. The summed E-state index contributed by atoms with van der Waals surface area (Å²) in [6.07, 6.45) is 3.59. The highest BCUT2D eigenvalue weighted by Gasteiger charge is 2.25. The Morgan fingerprint density at radius 2 is 2.53 bits per heavy atom. The summed E-state index contributed by atoms with van der Waals surface area (Å²) in [7, 11) is 3.64. The van der Waals surface area contributed by atoms with Crippen LogP contribution in [0.5, 0.6) is 0 Å². The predicted octanol–water partition coefficient (Wildman–Crippen LogP) is 0.784. The van der Waals surface area contributed by atoms with Crippen molar-refractivity contribution in [2.45, 2.75) is 25.4 Å². The molecule has 0 aliphatic carbocycles. The highest BCUT2D eigenvalue weighted by atomic mass is 35.5. The molecular formula is C11H17ClN4O. The molecule has 1 aromatic rings. The van der Waals surface area contributed by atoms with Gasteiger partial charge in [-0.1, -0.05) is 11.6 Å². The van der Waals surface area contributed by atoms with E-state index in [0.717, 1.165) is 25.2 Å². The molecule has 1 amide bonds. The minimum atomic E-state index is -0.0317. The summed E-state index contributed by atoms with van der Waals surface area (Å²) >= 11 is 5.90. The molecule has 1 atom stereocenters. The highest BCUT2D eigenvalue weighted by molar-refractivity contribution is 6.29. The standard InChI is InChI=1S/C11H17ClN4O/c1-15(11(17)8-4-3-5-13-8)7-10-14-6-9(12)16(10)2/h6,8,13H,3-5,7H2,1-2H3/t8-/m1/s1. The summed E-state index contributed by atoms with van der Waals surface area (Å²) < 4.78 is 1.79. The van der Waals surface area contributed by atoms with Gasteiger partial charge in [0.1, 0.15) is 11.0 Å². The summed E-state index contributed by atoms with van der Waals surface area (Å²) in [6, 6.07) is -0.0317. The third-order valence-corrected chi connectivity index (χ3v) is 3.49. The van der Waals surface area contributed by atoms with Gasteiger partial charge in [0.05, 0.1) is 18.8 Å². The Morgan fingerprint density at radius 3 is 3.06 bits per heavy atom. The smallest absolute Gasteiger partial charge is 0.239 e. The van der Waals surface area contributed by atoms with Crippen molar-refractivity contribution >= 4 is 17.5 Å². The summed E-state index contributed by atoms with van der Waals surface area (Å²) in [5, 5.41) is 3.78. The number of carbonyl (C=O) groups is 1. The first-order valence-corrected chi connectivity index (χ1v) is 6.12. The van der Waals surface area contributed by atoms with E-state index in [9.17, 15) is 4.79 Å². The van der Waals surface area contributed by atoms with E-state index in [1.807, 2.05) is 7.05 Å². The average Bonchev–Trinajstić information content (AvgIpc) is 2.93. The number of nitrogens with one attached hydrogen (secondary N) is 1. The number of halogens is 1. The Morgan fingerprint density at radius 1 is 1.76 bits per heavy atom. The Hall–Kier alpha value is -1.07. The second kappa shape index (κ2) is 5.06. The van der Waals surface area contributed by atoms with Crippen LogP contribution in [0.1, 0.15) is 18.7 Å². The number of carbonyl (C=O) groups excluding carboxylic acids is 1. The van der Waals surface area contributed by atoms with Crippen LogP contribution in [0.25, 0.3) is 0 Å². The van der Waals surface area contributed by atoms with Crippen LogP contribution in [0, 0.1) is 0 Å². The molecule has 1 fully saturated rings. The molecule has 0 saturated carbocycles. The molecule has 5 nitrogen and oxygen atoms in total. The van der Waals surface area contributed by atoms with Gasteiger partial charge in [-0.3, -0.25) is 4.79 Å². The fourth-order valence-corrected chi connectivity index (χ4v) is 2.17. The zero-order chi connectivity index (χ0) is 12.4. The van der Waals surface area contributed by atoms with E-state index in [1.54, 1.807) is 22.7 Å². The zero-order valence-electron chi connectivity index (χ0n) is 10.1. The normalized spacial score (nSPS) is 19.6. The second-order valence-electron chi connectivity index (χ2n) is 4.40. The SMILES string of the molecule is CN(Cc1ncc(Cl)n1C)C(=O)[C@H]1CCCN1. The Bertz CT molecular complexity index is 412. The first-order valence-electron chi connectivity index (χ1n) is 5.74. The number of likely N-dealkylation sites (N-methyl/N-ethyl adjacent to an activating group) is 1. The molecule has 2 rings (SSSR count). The lowest BCUT2D eigenvalue weighted by molar-refractivity contribution is -0.132. The number of amides is 1. The van der Waals surface area contributed by atoms with Gasteiger partial charge in [0.2, 0.25) is 5.91 Å². The maximum atomic E-state index is 12.1. The van der Waals surface area contributed by atoms with Gasteiger partial charge < -0.3 is 14.8 Å². The van der Waals surface area contributed by atoms with Crippen molar-refractivity contribution in [3.05, 3.63) is 17.2 Å². The number of aromatic nitrogens is 2. The highest BCUT2D eigenvalue weighted by Crippen LogP contribution is 2.13. The molecule has 0 spiro atoms. The third-order valence-electron chi connectivity index (χ3n) is 3.14. The fraction of sp³-hybridized carbons (Fsp3) is 0.636. The lowest BCUT2D eigenvalue weighted by atomic mass is 10.2. The minimum Gasteiger partial charge on any atom is -0.337 e. The molecule has 1 aromatic heterocycles. The molecule has 0 radical (unpaired) electrons. The Balaban J connectivity index is 1.98. The molecule has 0 aromatic carbocycles. The van der Waals surface area contributed by atoms with Gasteiger partial charge in [0, 0.05) is 14.1 Å². The molecule has 94 valence electrons. The van der Waals surface area contributed by atoms with E-state index in [2.05, 4.69) is 10.3 Å². The third kappa shape index (κ3) is 2.61. The van der Waals surface area contributed by atoms with Crippen LogP contribution in [0.3, 0.4) is 0 Å². The van der Waals surface area contributed by atoms with E-state index in [1.165, 1.54) is 0 Å². The van der Waals surface area contributed by atoms with Crippen LogP contribution < -0.4 is 5.32 Å². The van der Waals surface area contributed by atoms with Crippen LogP contribution in [0.2, 0.25) is 5.15 Å². The van der Waals surface area contributed by atoms with E-state index in [0.29, 0.717) is 11.7 Å². The van der Waals surface area contributed by atoms with E-state index >= 15 is 0 Å². The lowest BCUT2D eigenvalue weighted by Gasteiger charge is -2.20. The summed E-state index contributed by atoms with van der Waals surface area (Å²) in [5.41, 5.74) is 0. The minimum absolute atomic E-state index is 0.0317. The zero-order valence-corrected chi connectivity index (χ0v) is 10.9. The van der Waals surface area contributed by atoms with E-state index in [4.69, 9.17) is 11.6 Å². The van der Waals surface area contributed by atoms with Crippen molar-refractivity contribution < 1.29 is 4.79 Å². The number of rotatable bonds is 3. The molecular weight excluding hydrogens is 240 g/mol. The maximum Gasteiger partial charge on any atom is 0.239 e. The molecule has 1 N–H and O–H groups in total. The Kier molecular flexibility index (Phi) is 3.69. The molecule has 1 aliphatic rings. The number of nitrogens with zero attached hydrogens (tertiary/aromatic N) is 3. The van der Waals surface area contributed by atoms with Gasteiger partial charge in [-0.25, -0.2) is 4.98 Å². The molecule has 17 heavy (non-hydrogen) atoms. The first-order chi connectivity index (χ1) is 8.09. The maximum absolute atomic E-state index is 12.1. The van der Waals surface area contributed by atoms with Crippen molar-refractivity contribution in [1.82, 2.24) is 19.8 Å². The van der Waals surface area contributed by atoms with Gasteiger partial charge >= 0.3 is 0 Å². The van der Waals surface area contributed by atoms with Gasteiger partial charge in [0.15, 0.2) is 0 Å². The van der Waals surface area contributed by atoms with Gasteiger partial charge in [-0.05, 0) is 19.4 Å². The van der Waals surface area contributed by atoms with Crippen LogP contribution in [0.15, 0.2) is 6.20 Å². The quantitative estimate of drug-likeness (QED) is 0.870. The van der Waals surface area contributed by atoms with Gasteiger partial charge in [0.25, 0.3) is 0 Å².